The van der Waals surface area contributed by atoms with Crippen molar-refractivity contribution in [3.63, 3.8) is 0 Å². The predicted octanol–water partition coefficient (Wildman–Crippen LogP) is 5.84. The standard InChI is InChI=1S/C18H25IO2/c1-3-16(19)14-8-10-15(11-9-14)17(20)21-18(4-2)12-6-5-7-13-18/h8-11,16H,3-7,12-13H2,1-2H3. The molecule has 1 unspecified atom stereocenters. The summed E-state index contributed by atoms with van der Waals surface area (Å²) in [6.45, 7) is 4.30. The Morgan fingerprint density at radius 1 is 1.19 bits per heavy atom. The lowest BCUT2D eigenvalue weighted by atomic mass is 9.82. The molecule has 3 heteroatoms. The smallest absolute Gasteiger partial charge is 0.338 e. The topological polar surface area (TPSA) is 26.3 Å². The highest BCUT2D eigenvalue weighted by Crippen LogP contribution is 2.35. The minimum absolute atomic E-state index is 0.160. The van der Waals surface area contributed by atoms with E-state index >= 15 is 0 Å². The van der Waals surface area contributed by atoms with Gasteiger partial charge in [-0.3, -0.25) is 0 Å². The van der Waals surface area contributed by atoms with Crippen molar-refractivity contribution in [2.24, 2.45) is 0 Å². The van der Waals surface area contributed by atoms with Gasteiger partial charge in [0.1, 0.15) is 5.60 Å². The molecule has 0 N–H and O–H groups in total. The van der Waals surface area contributed by atoms with Crippen LogP contribution in [0.4, 0.5) is 0 Å². The van der Waals surface area contributed by atoms with Gasteiger partial charge in [-0.1, -0.05) is 55.0 Å². The normalized spacial score (nSPS) is 19.0. The van der Waals surface area contributed by atoms with Crippen molar-refractivity contribution in [2.45, 2.75) is 68.3 Å². The first kappa shape index (κ1) is 16.8. The van der Waals surface area contributed by atoms with Crippen LogP contribution < -0.4 is 0 Å². The summed E-state index contributed by atoms with van der Waals surface area (Å²) >= 11 is 2.44. The zero-order valence-electron chi connectivity index (χ0n) is 13.0. The monoisotopic (exact) mass is 400 g/mol. The van der Waals surface area contributed by atoms with Crippen LogP contribution in [0.25, 0.3) is 0 Å². The molecule has 0 spiro atoms. The summed E-state index contributed by atoms with van der Waals surface area (Å²) in [4.78, 5) is 12.4. The molecule has 1 aliphatic carbocycles. The lowest BCUT2D eigenvalue weighted by Gasteiger charge is -2.36. The molecule has 2 nitrogen and oxygen atoms in total. The Labute approximate surface area is 141 Å². The van der Waals surface area contributed by atoms with Gasteiger partial charge in [-0.15, -0.1) is 0 Å². The number of esters is 1. The second kappa shape index (κ2) is 7.61. The zero-order valence-corrected chi connectivity index (χ0v) is 15.2. The molecule has 2 rings (SSSR count). The Hall–Kier alpha value is -0.580. The van der Waals surface area contributed by atoms with Gasteiger partial charge in [0.05, 0.1) is 5.56 Å². The van der Waals surface area contributed by atoms with Crippen LogP contribution in [0.1, 0.15) is 78.6 Å². The molecule has 1 fully saturated rings. The third-order valence-electron chi connectivity index (χ3n) is 4.58. The molecule has 116 valence electrons. The van der Waals surface area contributed by atoms with Gasteiger partial charge in [0.25, 0.3) is 0 Å². The number of hydrogen-bond acceptors (Lipinski definition) is 2. The van der Waals surface area contributed by atoms with Crippen LogP contribution in [0.3, 0.4) is 0 Å². The highest BCUT2D eigenvalue weighted by Gasteiger charge is 2.34. The minimum Gasteiger partial charge on any atom is -0.455 e. The van der Waals surface area contributed by atoms with E-state index in [0.717, 1.165) is 25.7 Å². The first-order valence-electron chi connectivity index (χ1n) is 8.07. The van der Waals surface area contributed by atoms with Gasteiger partial charge in [-0.25, -0.2) is 4.79 Å². The first-order valence-corrected chi connectivity index (χ1v) is 9.32. The Bertz CT molecular complexity index is 461. The van der Waals surface area contributed by atoms with Crippen molar-refractivity contribution in [3.05, 3.63) is 35.4 Å². The maximum absolute atomic E-state index is 12.4. The number of benzene rings is 1. The van der Waals surface area contributed by atoms with E-state index in [1.165, 1.54) is 24.8 Å². The van der Waals surface area contributed by atoms with E-state index in [9.17, 15) is 4.79 Å². The maximum atomic E-state index is 12.4. The lowest BCUT2D eigenvalue weighted by molar-refractivity contribution is -0.0397. The SMILES string of the molecule is CCC(I)c1ccc(C(=O)OC2(CC)CCCCC2)cc1. The van der Waals surface area contributed by atoms with Crippen molar-refractivity contribution in [1.29, 1.82) is 0 Å². The van der Waals surface area contributed by atoms with E-state index in [1.807, 2.05) is 12.1 Å². The second-order valence-electron chi connectivity index (χ2n) is 5.98. The molecule has 0 radical (unpaired) electrons. The number of halogens is 1. The third kappa shape index (κ3) is 4.21. The van der Waals surface area contributed by atoms with E-state index in [-0.39, 0.29) is 11.6 Å². The van der Waals surface area contributed by atoms with Crippen molar-refractivity contribution in [3.8, 4) is 0 Å². The van der Waals surface area contributed by atoms with E-state index < -0.39 is 0 Å². The van der Waals surface area contributed by atoms with Crippen LogP contribution in [0.5, 0.6) is 0 Å². The van der Waals surface area contributed by atoms with Gasteiger partial charge in [0.2, 0.25) is 0 Å². The fraction of sp³-hybridized carbons (Fsp3) is 0.611. The summed E-state index contributed by atoms with van der Waals surface area (Å²) in [5.41, 5.74) is 1.73. The van der Waals surface area contributed by atoms with Crippen LogP contribution in [-0.2, 0) is 4.74 Å². The van der Waals surface area contributed by atoms with Gasteiger partial charge in [0, 0.05) is 3.92 Å². The summed E-state index contributed by atoms with van der Waals surface area (Å²) in [5, 5.41) is 0. The Morgan fingerprint density at radius 2 is 1.81 bits per heavy atom. The third-order valence-corrected chi connectivity index (χ3v) is 6.18. The molecular formula is C18H25IO2. The van der Waals surface area contributed by atoms with Crippen LogP contribution in [0.15, 0.2) is 24.3 Å². The molecule has 1 atom stereocenters. The molecule has 0 aliphatic heterocycles. The van der Waals surface area contributed by atoms with Gasteiger partial charge in [-0.2, -0.15) is 0 Å². The molecule has 21 heavy (non-hydrogen) atoms. The maximum Gasteiger partial charge on any atom is 0.338 e. The summed E-state index contributed by atoms with van der Waals surface area (Å²) in [5.74, 6) is -0.160. The Morgan fingerprint density at radius 3 is 2.33 bits per heavy atom. The van der Waals surface area contributed by atoms with Crippen LogP contribution in [0.2, 0.25) is 0 Å². The fourth-order valence-electron chi connectivity index (χ4n) is 3.04. The van der Waals surface area contributed by atoms with Gasteiger partial charge in [-0.05, 0) is 56.2 Å². The van der Waals surface area contributed by atoms with Gasteiger partial charge < -0.3 is 4.74 Å². The molecule has 0 heterocycles. The van der Waals surface area contributed by atoms with Crippen molar-refractivity contribution in [2.75, 3.05) is 0 Å². The molecule has 0 amide bonds. The second-order valence-corrected chi connectivity index (χ2v) is 7.49. The highest BCUT2D eigenvalue weighted by atomic mass is 127. The summed E-state index contributed by atoms with van der Waals surface area (Å²) in [6, 6.07) is 7.92. The number of hydrogen-bond donors (Lipinski definition) is 0. The number of rotatable bonds is 5. The molecule has 0 aromatic heterocycles. The number of ether oxygens (including phenoxy) is 1. The number of carbonyl (C=O) groups excluding carboxylic acids is 1. The molecule has 0 saturated heterocycles. The van der Waals surface area contributed by atoms with Crippen LogP contribution in [-0.4, -0.2) is 11.6 Å². The minimum atomic E-state index is -0.219. The number of carbonyl (C=O) groups is 1. The van der Waals surface area contributed by atoms with Gasteiger partial charge in [0.15, 0.2) is 0 Å². The molecule has 1 aliphatic rings. The van der Waals surface area contributed by atoms with E-state index in [0.29, 0.717) is 9.49 Å². The molecule has 0 bridgehead atoms. The summed E-state index contributed by atoms with van der Waals surface area (Å²) in [6.07, 6.45) is 7.66. The van der Waals surface area contributed by atoms with E-state index in [4.69, 9.17) is 4.74 Å². The van der Waals surface area contributed by atoms with E-state index in [2.05, 4.69) is 48.6 Å². The summed E-state index contributed by atoms with van der Waals surface area (Å²) < 4.78 is 6.41. The zero-order chi connectivity index (χ0) is 15.3. The molecule has 1 aromatic carbocycles. The average molecular weight is 400 g/mol. The van der Waals surface area contributed by atoms with Crippen molar-refractivity contribution in [1.82, 2.24) is 0 Å². The molecule has 1 saturated carbocycles. The van der Waals surface area contributed by atoms with Crippen molar-refractivity contribution >= 4 is 28.6 Å². The predicted molar refractivity (Wildman–Crippen MR) is 95.0 cm³/mol. The first-order chi connectivity index (χ1) is 10.1. The molecular weight excluding hydrogens is 375 g/mol. The highest BCUT2D eigenvalue weighted by molar-refractivity contribution is 14.1. The van der Waals surface area contributed by atoms with Crippen molar-refractivity contribution < 1.29 is 9.53 Å². The van der Waals surface area contributed by atoms with Crippen LogP contribution in [0, 0.1) is 0 Å². The number of alkyl halides is 1. The van der Waals surface area contributed by atoms with Crippen LogP contribution >= 0.6 is 22.6 Å². The fourth-order valence-corrected chi connectivity index (χ4v) is 3.46. The Balaban J connectivity index is 2.05. The quantitative estimate of drug-likeness (QED) is 0.353. The molecule has 1 aromatic rings. The average Bonchev–Trinajstić information content (AvgIpc) is 2.55. The Kier molecular flexibility index (Phi) is 6.08. The van der Waals surface area contributed by atoms with E-state index in [1.54, 1.807) is 0 Å². The van der Waals surface area contributed by atoms with Gasteiger partial charge >= 0.3 is 5.97 Å². The lowest BCUT2D eigenvalue weighted by Crippen LogP contribution is -2.36. The largest absolute Gasteiger partial charge is 0.455 e. The summed E-state index contributed by atoms with van der Waals surface area (Å²) in [7, 11) is 0.